The minimum atomic E-state index is -1.32. The molecule has 4 aromatic rings. The highest BCUT2D eigenvalue weighted by atomic mass is 19.1. The van der Waals surface area contributed by atoms with Crippen LogP contribution in [0.5, 0.6) is 11.5 Å². The number of anilines is 2. The van der Waals surface area contributed by atoms with Crippen molar-refractivity contribution in [1.29, 1.82) is 0 Å². The number of nitrogens with one attached hydrogen (secondary N) is 1. The van der Waals surface area contributed by atoms with Crippen LogP contribution < -0.4 is 24.6 Å². The molecule has 13 heteroatoms. The van der Waals surface area contributed by atoms with Crippen LogP contribution in [0.1, 0.15) is 30.4 Å². The Hall–Kier alpha value is -6.24. The summed E-state index contributed by atoms with van der Waals surface area (Å²) >= 11 is 0. The summed E-state index contributed by atoms with van der Waals surface area (Å²) in [6, 6.07) is 17.4. The average Bonchev–Trinajstić information content (AvgIpc) is 3.16. The number of Topliss-reactive ketones (excluding diaryl/α,β-unsaturated/α-hetero) is 1. The standard InChI is InChI=1S/C43H43F4N3O6/c1-5-17-49(35-7-12-38(55-3)13-8-35)42(53)30(19-28-20-31(44)26-32(45)21-28)25-37(51)11-16-41(52)48-40(24-29-22-33(46)27-34(47)23-29)43(54)50(18-6-2)36-9-14-39(56-4)15-10-36/h5-10,12-15,20-23,26-27,30,40H,1-2,11,16-19,24-25H2,3-4H3,(H,48,52)/t30-,40-/m1/s1. The van der Waals surface area contributed by atoms with E-state index >= 15 is 0 Å². The number of hydrogen-bond acceptors (Lipinski definition) is 6. The largest absolute Gasteiger partial charge is 0.497 e. The first-order valence-electron chi connectivity index (χ1n) is 17.7. The van der Waals surface area contributed by atoms with E-state index in [1.807, 2.05) is 0 Å². The summed E-state index contributed by atoms with van der Waals surface area (Å²) in [7, 11) is 2.98. The molecule has 1 N–H and O–H groups in total. The zero-order valence-corrected chi connectivity index (χ0v) is 31.1. The van der Waals surface area contributed by atoms with Crippen molar-refractivity contribution < 1.29 is 46.2 Å². The van der Waals surface area contributed by atoms with E-state index < -0.39 is 65.2 Å². The Morgan fingerprint density at radius 2 is 1.07 bits per heavy atom. The predicted octanol–water partition coefficient (Wildman–Crippen LogP) is 7.32. The second-order valence-electron chi connectivity index (χ2n) is 12.9. The van der Waals surface area contributed by atoms with Gasteiger partial charge in [-0.2, -0.15) is 0 Å². The fourth-order valence-electron chi connectivity index (χ4n) is 6.16. The summed E-state index contributed by atoms with van der Waals surface area (Å²) in [6.45, 7) is 7.53. The minimum absolute atomic E-state index is 0.0254. The lowest BCUT2D eigenvalue weighted by atomic mass is 9.91. The number of ether oxygens (including phenoxy) is 2. The fraction of sp³-hybridized carbons (Fsp3) is 0.256. The lowest BCUT2D eigenvalue weighted by Crippen LogP contribution is -2.50. The van der Waals surface area contributed by atoms with E-state index in [4.69, 9.17) is 9.47 Å². The molecule has 2 atom stereocenters. The van der Waals surface area contributed by atoms with Crippen molar-refractivity contribution in [2.24, 2.45) is 5.92 Å². The minimum Gasteiger partial charge on any atom is -0.497 e. The van der Waals surface area contributed by atoms with Crippen LogP contribution in [0.4, 0.5) is 28.9 Å². The quantitative estimate of drug-likeness (QED) is 0.0746. The Labute approximate surface area is 323 Å². The molecule has 0 aromatic heterocycles. The molecule has 4 rings (SSSR count). The van der Waals surface area contributed by atoms with Gasteiger partial charge in [-0.15, -0.1) is 13.2 Å². The number of halogens is 4. The van der Waals surface area contributed by atoms with Crippen LogP contribution in [0, 0.1) is 29.2 Å². The van der Waals surface area contributed by atoms with Crippen molar-refractivity contribution in [3.8, 4) is 11.5 Å². The maximum Gasteiger partial charge on any atom is 0.250 e. The maximum absolute atomic E-state index is 14.2. The van der Waals surface area contributed by atoms with Gasteiger partial charge in [0.2, 0.25) is 17.7 Å². The molecule has 294 valence electrons. The second kappa shape index (κ2) is 20.4. The lowest BCUT2D eigenvalue weighted by Gasteiger charge is -2.28. The van der Waals surface area contributed by atoms with E-state index in [0.29, 0.717) is 35.0 Å². The molecule has 0 radical (unpaired) electrons. The number of ketones is 1. The van der Waals surface area contributed by atoms with Gasteiger partial charge in [-0.25, -0.2) is 17.6 Å². The number of carbonyl (C=O) groups excluding carboxylic acids is 4. The van der Waals surface area contributed by atoms with Crippen LogP contribution in [-0.4, -0.2) is 56.9 Å². The van der Waals surface area contributed by atoms with Gasteiger partial charge in [0, 0.05) is 68.2 Å². The maximum atomic E-state index is 14.2. The Balaban J connectivity index is 1.55. The number of carbonyl (C=O) groups is 4. The molecular weight excluding hydrogens is 730 g/mol. The van der Waals surface area contributed by atoms with E-state index in [9.17, 15) is 36.7 Å². The molecule has 9 nitrogen and oxygen atoms in total. The van der Waals surface area contributed by atoms with Crippen LogP contribution in [0.25, 0.3) is 0 Å². The number of benzene rings is 4. The van der Waals surface area contributed by atoms with Crippen LogP contribution in [-0.2, 0) is 32.0 Å². The number of nitrogens with zero attached hydrogens (tertiary/aromatic N) is 2. The third-order valence-electron chi connectivity index (χ3n) is 8.78. The molecule has 0 aliphatic rings. The summed E-state index contributed by atoms with van der Waals surface area (Å²) in [5.74, 6) is -5.83. The summed E-state index contributed by atoms with van der Waals surface area (Å²) < 4.78 is 67.1. The molecular formula is C43H43F4N3O6. The van der Waals surface area contributed by atoms with Gasteiger partial charge in [0.15, 0.2) is 0 Å². The van der Waals surface area contributed by atoms with E-state index in [1.54, 1.807) is 48.5 Å². The van der Waals surface area contributed by atoms with E-state index in [1.165, 1.54) is 36.2 Å². The summed E-state index contributed by atoms with van der Waals surface area (Å²) in [6.07, 6.45) is 1.33. The highest BCUT2D eigenvalue weighted by Gasteiger charge is 2.30. The molecule has 4 aromatic carbocycles. The van der Waals surface area contributed by atoms with Gasteiger partial charge in [-0.1, -0.05) is 12.2 Å². The van der Waals surface area contributed by atoms with E-state index in [2.05, 4.69) is 18.5 Å². The molecule has 0 aliphatic heterocycles. The summed E-state index contributed by atoms with van der Waals surface area (Å²) in [4.78, 5) is 57.7. The van der Waals surface area contributed by atoms with Crippen molar-refractivity contribution in [2.75, 3.05) is 37.1 Å². The number of methoxy groups -OCH3 is 2. The highest BCUT2D eigenvalue weighted by Crippen LogP contribution is 2.26. The van der Waals surface area contributed by atoms with Gasteiger partial charge in [0.1, 0.15) is 46.6 Å². The Kier molecular flexibility index (Phi) is 15.5. The number of hydrogen-bond donors (Lipinski definition) is 1. The SMILES string of the molecule is C=CCN(C(=O)[C@@H](CC(=O)CCC(=O)N[C@H](Cc1cc(F)cc(F)c1)C(=O)N(CC=C)c1ccc(OC)cc1)Cc1cc(F)cc(F)c1)c1ccc(OC)cc1. The van der Waals surface area contributed by atoms with E-state index in [0.717, 1.165) is 24.3 Å². The van der Waals surface area contributed by atoms with Gasteiger partial charge in [-0.3, -0.25) is 19.2 Å². The van der Waals surface area contributed by atoms with Crippen LogP contribution in [0.15, 0.2) is 110 Å². The Morgan fingerprint density at radius 1 is 0.643 bits per heavy atom. The molecule has 0 bridgehead atoms. The first-order valence-corrected chi connectivity index (χ1v) is 17.7. The Bertz CT molecular complexity index is 1840. The average molecular weight is 774 g/mol. The van der Waals surface area contributed by atoms with Crippen molar-refractivity contribution >= 4 is 34.9 Å². The normalized spacial score (nSPS) is 11.8. The van der Waals surface area contributed by atoms with Crippen molar-refractivity contribution in [2.45, 2.75) is 38.1 Å². The molecule has 56 heavy (non-hydrogen) atoms. The molecule has 3 amide bonds. The van der Waals surface area contributed by atoms with Crippen molar-refractivity contribution in [1.82, 2.24) is 5.32 Å². The van der Waals surface area contributed by atoms with Gasteiger partial charge in [0.25, 0.3) is 0 Å². The zero-order valence-electron chi connectivity index (χ0n) is 31.1. The highest BCUT2D eigenvalue weighted by molar-refractivity contribution is 6.00. The number of amides is 3. The Morgan fingerprint density at radius 3 is 1.50 bits per heavy atom. The fourth-order valence-corrected chi connectivity index (χ4v) is 6.16. The molecule has 0 fully saturated rings. The predicted molar refractivity (Wildman–Crippen MR) is 205 cm³/mol. The first kappa shape index (κ1) is 42.5. The van der Waals surface area contributed by atoms with Crippen LogP contribution in [0.2, 0.25) is 0 Å². The first-order chi connectivity index (χ1) is 26.8. The van der Waals surface area contributed by atoms with Gasteiger partial charge in [-0.05, 0) is 90.3 Å². The zero-order chi connectivity index (χ0) is 40.8. The summed E-state index contributed by atoms with van der Waals surface area (Å²) in [5.41, 5.74) is 1.15. The van der Waals surface area contributed by atoms with Crippen LogP contribution >= 0.6 is 0 Å². The van der Waals surface area contributed by atoms with Crippen molar-refractivity contribution in [3.63, 3.8) is 0 Å². The van der Waals surface area contributed by atoms with Crippen LogP contribution in [0.3, 0.4) is 0 Å². The lowest BCUT2D eigenvalue weighted by molar-refractivity contribution is -0.130. The number of rotatable bonds is 20. The third kappa shape index (κ3) is 12.1. The third-order valence-corrected chi connectivity index (χ3v) is 8.78. The smallest absolute Gasteiger partial charge is 0.250 e. The second-order valence-corrected chi connectivity index (χ2v) is 12.9. The molecule has 0 saturated heterocycles. The topological polar surface area (TPSA) is 105 Å². The van der Waals surface area contributed by atoms with Gasteiger partial charge in [0.05, 0.1) is 14.2 Å². The molecule has 0 unspecified atom stereocenters. The van der Waals surface area contributed by atoms with Gasteiger partial charge < -0.3 is 24.6 Å². The van der Waals surface area contributed by atoms with E-state index in [-0.39, 0.29) is 49.9 Å². The molecule has 0 saturated carbocycles. The summed E-state index contributed by atoms with van der Waals surface area (Å²) in [5, 5.41) is 2.62. The van der Waals surface area contributed by atoms with Gasteiger partial charge >= 0.3 is 0 Å². The monoisotopic (exact) mass is 773 g/mol. The molecule has 0 spiro atoms. The molecule has 0 aliphatic carbocycles. The van der Waals surface area contributed by atoms with Crippen molar-refractivity contribution in [3.05, 3.63) is 145 Å². The molecule has 0 heterocycles.